The van der Waals surface area contributed by atoms with Gasteiger partial charge < -0.3 is 5.73 Å². The fourth-order valence-corrected chi connectivity index (χ4v) is 1.23. The zero-order valence-electron chi connectivity index (χ0n) is 7.02. The van der Waals surface area contributed by atoms with Gasteiger partial charge in [0.2, 0.25) is 0 Å². The molecule has 0 aliphatic rings. The summed E-state index contributed by atoms with van der Waals surface area (Å²) < 4.78 is 1.59. The van der Waals surface area contributed by atoms with Gasteiger partial charge in [0.1, 0.15) is 23.8 Å². The van der Waals surface area contributed by atoms with Gasteiger partial charge in [0.25, 0.3) is 0 Å². The van der Waals surface area contributed by atoms with Crippen molar-refractivity contribution >= 4 is 11.5 Å². The van der Waals surface area contributed by atoms with Gasteiger partial charge in [-0.2, -0.15) is 5.26 Å². The third-order valence-corrected chi connectivity index (χ3v) is 1.89. The van der Waals surface area contributed by atoms with Crippen LogP contribution >= 0.6 is 0 Å². The lowest BCUT2D eigenvalue weighted by Gasteiger charge is -2.03. The summed E-state index contributed by atoms with van der Waals surface area (Å²) in [5, 5.41) is 8.79. The number of hydrogen-bond acceptors (Lipinski definition) is 4. The highest BCUT2D eigenvalue weighted by atomic mass is 15.1. The Labute approximate surface area is 74.5 Å². The lowest BCUT2D eigenvalue weighted by molar-refractivity contribution is 1.08. The predicted octanol–water partition coefficient (Wildman–Crippen LogP) is 0.492. The van der Waals surface area contributed by atoms with Crippen molar-refractivity contribution in [2.45, 2.75) is 6.92 Å². The Morgan fingerprint density at radius 1 is 1.62 bits per heavy atom. The van der Waals surface area contributed by atoms with E-state index in [-0.39, 0.29) is 0 Å². The number of fused-ring (bicyclic) bond motifs is 1. The number of aromatic nitrogens is 3. The smallest absolute Gasteiger partial charge is 0.158 e. The van der Waals surface area contributed by atoms with Crippen LogP contribution in [-0.2, 0) is 0 Å². The van der Waals surface area contributed by atoms with E-state index in [1.54, 1.807) is 17.5 Å². The van der Waals surface area contributed by atoms with Crippen molar-refractivity contribution < 1.29 is 0 Å². The van der Waals surface area contributed by atoms with E-state index in [0.717, 1.165) is 0 Å². The van der Waals surface area contributed by atoms with Gasteiger partial charge in [-0.3, -0.25) is 4.40 Å². The van der Waals surface area contributed by atoms with Gasteiger partial charge in [-0.25, -0.2) is 9.97 Å². The summed E-state index contributed by atoms with van der Waals surface area (Å²) in [5.74, 6) is 0.391. The van der Waals surface area contributed by atoms with Gasteiger partial charge in [0.15, 0.2) is 5.65 Å². The third kappa shape index (κ3) is 0.924. The molecule has 0 aromatic carbocycles. The molecule has 0 saturated heterocycles. The van der Waals surface area contributed by atoms with Crippen LogP contribution in [-0.4, -0.2) is 14.4 Å². The Bertz CT molecular complexity index is 505. The average molecular weight is 173 g/mol. The predicted molar refractivity (Wildman–Crippen MR) is 46.9 cm³/mol. The van der Waals surface area contributed by atoms with Gasteiger partial charge in [-0.1, -0.05) is 0 Å². The van der Waals surface area contributed by atoms with Crippen molar-refractivity contribution in [3.05, 3.63) is 23.8 Å². The summed E-state index contributed by atoms with van der Waals surface area (Å²) in [6.07, 6.45) is 3.14. The lowest BCUT2D eigenvalue weighted by Crippen LogP contribution is -2.03. The fraction of sp³-hybridized carbons (Fsp3) is 0.125. The first kappa shape index (κ1) is 7.55. The van der Waals surface area contributed by atoms with Crippen molar-refractivity contribution in [3.63, 3.8) is 0 Å². The first-order valence-corrected chi connectivity index (χ1v) is 3.72. The molecule has 0 unspecified atom stereocenters. The summed E-state index contributed by atoms with van der Waals surface area (Å²) in [6.45, 7) is 1.75. The Hall–Kier alpha value is -2.09. The second-order valence-electron chi connectivity index (χ2n) is 2.69. The highest BCUT2D eigenvalue weighted by Gasteiger charge is 2.08. The van der Waals surface area contributed by atoms with Crippen molar-refractivity contribution in [2.24, 2.45) is 0 Å². The minimum Gasteiger partial charge on any atom is -0.384 e. The average Bonchev–Trinajstić information content (AvgIpc) is 2.53. The minimum atomic E-state index is 0.391. The molecule has 2 N–H and O–H groups in total. The van der Waals surface area contributed by atoms with E-state index in [0.29, 0.717) is 22.7 Å². The molecule has 5 nitrogen and oxygen atoms in total. The van der Waals surface area contributed by atoms with Crippen LogP contribution in [0.3, 0.4) is 0 Å². The number of hydrogen-bond donors (Lipinski definition) is 1. The molecule has 0 radical (unpaired) electrons. The minimum absolute atomic E-state index is 0.391. The number of imidazole rings is 1. The van der Waals surface area contributed by atoms with Crippen LogP contribution in [0.25, 0.3) is 5.65 Å². The first-order valence-electron chi connectivity index (χ1n) is 3.72. The van der Waals surface area contributed by atoms with Crippen molar-refractivity contribution in [2.75, 3.05) is 5.73 Å². The fourth-order valence-electron chi connectivity index (χ4n) is 1.23. The van der Waals surface area contributed by atoms with E-state index in [4.69, 9.17) is 11.0 Å². The van der Waals surface area contributed by atoms with Gasteiger partial charge in [0.05, 0.1) is 11.9 Å². The quantitative estimate of drug-likeness (QED) is 0.628. The van der Waals surface area contributed by atoms with Gasteiger partial charge in [-0.15, -0.1) is 0 Å². The molecule has 2 heterocycles. The highest BCUT2D eigenvalue weighted by Crippen LogP contribution is 2.15. The summed E-state index contributed by atoms with van der Waals surface area (Å²) in [4.78, 5) is 8.05. The lowest BCUT2D eigenvalue weighted by atomic mass is 10.2. The summed E-state index contributed by atoms with van der Waals surface area (Å²) >= 11 is 0. The third-order valence-electron chi connectivity index (χ3n) is 1.89. The Morgan fingerprint density at radius 3 is 3.08 bits per heavy atom. The molecule has 0 spiro atoms. The Balaban J connectivity index is 2.95. The zero-order chi connectivity index (χ0) is 9.42. The van der Waals surface area contributed by atoms with Crippen molar-refractivity contribution in [1.82, 2.24) is 14.4 Å². The van der Waals surface area contributed by atoms with Crippen LogP contribution in [0.4, 0.5) is 5.82 Å². The first-order chi connectivity index (χ1) is 6.24. The van der Waals surface area contributed by atoms with Crippen LogP contribution in [0.2, 0.25) is 0 Å². The molecule has 0 atom stereocenters. The van der Waals surface area contributed by atoms with Crippen LogP contribution in [0.5, 0.6) is 0 Å². The van der Waals surface area contributed by atoms with E-state index >= 15 is 0 Å². The number of rotatable bonds is 0. The molecular weight excluding hydrogens is 166 g/mol. The molecule has 2 rings (SSSR count). The number of aryl methyl sites for hydroxylation is 1. The Morgan fingerprint density at radius 2 is 2.38 bits per heavy atom. The summed E-state index contributed by atoms with van der Waals surface area (Å²) in [5.41, 5.74) is 7.44. The SMILES string of the molecule is Cc1nc2cncn2c(N)c1C#N. The highest BCUT2D eigenvalue weighted by molar-refractivity contribution is 5.57. The standard InChI is InChI=1S/C8H7N5/c1-5-6(2-9)8(10)13-4-11-3-7(13)12-5/h3-4H,10H2,1H3. The molecule has 0 aliphatic carbocycles. The topological polar surface area (TPSA) is 80.0 Å². The molecule has 13 heavy (non-hydrogen) atoms. The van der Waals surface area contributed by atoms with E-state index in [1.165, 1.54) is 6.33 Å². The molecule has 5 heteroatoms. The number of nitriles is 1. The zero-order valence-corrected chi connectivity index (χ0v) is 7.02. The maximum absolute atomic E-state index is 8.79. The van der Waals surface area contributed by atoms with Crippen LogP contribution in [0.15, 0.2) is 12.5 Å². The molecule has 0 amide bonds. The largest absolute Gasteiger partial charge is 0.384 e. The summed E-state index contributed by atoms with van der Waals surface area (Å²) in [6, 6.07) is 2.01. The van der Waals surface area contributed by atoms with Crippen LogP contribution in [0, 0.1) is 18.3 Å². The normalized spacial score (nSPS) is 10.2. The van der Waals surface area contributed by atoms with E-state index in [2.05, 4.69) is 9.97 Å². The van der Waals surface area contributed by atoms with E-state index in [9.17, 15) is 0 Å². The van der Waals surface area contributed by atoms with Gasteiger partial charge in [0, 0.05) is 0 Å². The molecule has 2 aromatic heterocycles. The second kappa shape index (κ2) is 2.45. The van der Waals surface area contributed by atoms with Crippen LogP contribution < -0.4 is 5.73 Å². The molecule has 0 aliphatic heterocycles. The van der Waals surface area contributed by atoms with E-state index < -0.39 is 0 Å². The van der Waals surface area contributed by atoms with E-state index in [1.807, 2.05) is 6.07 Å². The molecular formula is C8H7N5. The van der Waals surface area contributed by atoms with Gasteiger partial charge in [-0.05, 0) is 6.92 Å². The molecule has 0 bridgehead atoms. The molecule has 64 valence electrons. The second-order valence-corrected chi connectivity index (χ2v) is 2.69. The number of nitrogen functional groups attached to an aromatic ring is 1. The summed E-state index contributed by atoms with van der Waals surface area (Å²) in [7, 11) is 0. The maximum atomic E-state index is 8.79. The van der Waals surface area contributed by atoms with Gasteiger partial charge >= 0.3 is 0 Å². The monoisotopic (exact) mass is 173 g/mol. The molecule has 2 aromatic rings. The van der Waals surface area contributed by atoms with Crippen molar-refractivity contribution in [1.29, 1.82) is 5.26 Å². The maximum Gasteiger partial charge on any atom is 0.158 e. The van der Waals surface area contributed by atoms with Crippen molar-refractivity contribution in [3.8, 4) is 6.07 Å². The van der Waals surface area contributed by atoms with Crippen LogP contribution in [0.1, 0.15) is 11.3 Å². The number of nitrogens with two attached hydrogens (primary N) is 1. The molecule has 0 fully saturated rings. The molecule has 0 saturated carbocycles. The number of anilines is 1. The number of nitrogens with zero attached hydrogens (tertiary/aromatic N) is 4. The Kier molecular flexibility index (Phi) is 1.43.